The number of rotatable bonds is 4. The molecule has 2 rings (SSSR count). The van der Waals surface area contributed by atoms with Crippen LogP contribution in [0.4, 0.5) is 4.39 Å². The van der Waals surface area contributed by atoms with Crippen LogP contribution in [0.15, 0.2) is 42.5 Å². The average molecular weight is 342 g/mol. The van der Waals surface area contributed by atoms with Gasteiger partial charge in [-0.05, 0) is 42.2 Å². The van der Waals surface area contributed by atoms with E-state index >= 15 is 0 Å². The lowest BCUT2D eigenvalue weighted by Gasteiger charge is -2.16. The van der Waals surface area contributed by atoms with Crippen LogP contribution >= 0.6 is 27.5 Å². The van der Waals surface area contributed by atoms with E-state index in [0.717, 1.165) is 28.1 Å². The van der Waals surface area contributed by atoms with E-state index in [4.69, 9.17) is 11.6 Å². The number of halogens is 3. The van der Waals surface area contributed by atoms with Gasteiger partial charge in [0.25, 0.3) is 0 Å². The van der Waals surface area contributed by atoms with Crippen molar-refractivity contribution in [2.75, 3.05) is 5.33 Å². The maximum atomic E-state index is 13.8. The fourth-order valence-electron chi connectivity index (χ4n) is 2.14. The molecule has 0 spiro atoms. The van der Waals surface area contributed by atoms with E-state index in [0.29, 0.717) is 5.33 Å². The van der Waals surface area contributed by atoms with Gasteiger partial charge in [0.1, 0.15) is 5.82 Å². The first-order valence-electron chi connectivity index (χ1n) is 6.17. The summed E-state index contributed by atoms with van der Waals surface area (Å²) in [5.41, 5.74) is 2.92. The fraction of sp³-hybridized carbons (Fsp3) is 0.250. The predicted octanol–water partition coefficient (Wildman–Crippen LogP) is 5.51. The van der Waals surface area contributed by atoms with Gasteiger partial charge in [0.05, 0.1) is 0 Å². The van der Waals surface area contributed by atoms with Crippen LogP contribution in [-0.4, -0.2) is 5.33 Å². The molecule has 0 bridgehead atoms. The normalized spacial score (nSPS) is 12.4. The summed E-state index contributed by atoms with van der Waals surface area (Å²) in [4.78, 5) is 0. The van der Waals surface area contributed by atoms with Gasteiger partial charge in [0.2, 0.25) is 0 Å². The largest absolute Gasteiger partial charge is 0.207 e. The zero-order valence-corrected chi connectivity index (χ0v) is 13.0. The van der Waals surface area contributed by atoms with Gasteiger partial charge in [-0.15, -0.1) is 0 Å². The SMILES string of the molecule is Cc1ccc(CC(CBr)c2ccccc2F)c(Cl)c1. The standard InChI is InChI=1S/C16H15BrClF/c1-11-6-7-12(15(18)8-11)9-13(10-17)14-4-2-3-5-16(14)19/h2-8,13H,9-10H2,1H3. The Hall–Kier alpha value is -0.860. The minimum Gasteiger partial charge on any atom is -0.207 e. The number of alkyl halides is 1. The van der Waals surface area contributed by atoms with Crippen molar-refractivity contribution in [3.05, 3.63) is 70.0 Å². The summed E-state index contributed by atoms with van der Waals surface area (Å²) in [6.45, 7) is 2.01. The highest BCUT2D eigenvalue weighted by molar-refractivity contribution is 9.09. The quantitative estimate of drug-likeness (QED) is 0.643. The summed E-state index contributed by atoms with van der Waals surface area (Å²) in [6.07, 6.45) is 0.727. The third-order valence-corrected chi connectivity index (χ3v) is 4.34. The second kappa shape index (κ2) is 6.53. The van der Waals surface area contributed by atoms with Crippen LogP contribution in [0.1, 0.15) is 22.6 Å². The Bertz CT molecular complexity index is 568. The zero-order chi connectivity index (χ0) is 13.8. The molecule has 100 valence electrons. The molecule has 0 aliphatic rings. The van der Waals surface area contributed by atoms with Crippen molar-refractivity contribution in [3.8, 4) is 0 Å². The molecule has 0 N–H and O–H groups in total. The second-order valence-corrected chi connectivity index (χ2v) is 5.73. The van der Waals surface area contributed by atoms with Crippen molar-refractivity contribution in [2.24, 2.45) is 0 Å². The van der Waals surface area contributed by atoms with Crippen LogP contribution in [0.2, 0.25) is 5.02 Å². The maximum absolute atomic E-state index is 13.8. The minimum atomic E-state index is -0.157. The number of hydrogen-bond donors (Lipinski definition) is 0. The fourth-order valence-corrected chi connectivity index (χ4v) is 3.03. The van der Waals surface area contributed by atoms with Crippen LogP contribution in [0.3, 0.4) is 0 Å². The molecule has 3 heteroatoms. The van der Waals surface area contributed by atoms with Crippen molar-refractivity contribution >= 4 is 27.5 Å². The summed E-state index contributed by atoms with van der Waals surface area (Å²) in [5.74, 6) is -0.0726. The average Bonchev–Trinajstić information content (AvgIpc) is 2.39. The van der Waals surface area contributed by atoms with E-state index in [1.54, 1.807) is 6.07 Å². The van der Waals surface area contributed by atoms with Gasteiger partial charge in [-0.3, -0.25) is 0 Å². The summed E-state index contributed by atoms with van der Waals surface area (Å²) < 4.78 is 13.8. The summed E-state index contributed by atoms with van der Waals surface area (Å²) >= 11 is 9.72. The molecule has 0 amide bonds. The Morgan fingerprint density at radius 1 is 1.21 bits per heavy atom. The first-order chi connectivity index (χ1) is 9.11. The molecule has 1 atom stereocenters. The molecule has 2 aromatic carbocycles. The van der Waals surface area contributed by atoms with Crippen molar-refractivity contribution in [1.29, 1.82) is 0 Å². The Labute approximate surface area is 126 Å². The summed E-state index contributed by atoms with van der Waals surface area (Å²) in [5, 5.41) is 1.46. The Balaban J connectivity index is 2.27. The topological polar surface area (TPSA) is 0 Å². The smallest absolute Gasteiger partial charge is 0.126 e. The van der Waals surface area contributed by atoms with E-state index in [2.05, 4.69) is 15.9 Å². The van der Waals surface area contributed by atoms with E-state index in [9.17, 15) is 4.39 Å². The van der Waals surface area contributed by atoms with Crippen molar-refractivity contribution in [2.45, 2.75) is 19.3 Å². The molecule has 19 heavy (non-hydrogen) atoms. The van der Waals surface area contributed by atoms with E-state index in [-0.39, 0.29) is 11.7 Å². The predicted molar refractivity (Wildman–Crippen MR) is 82.8 cm³/mol. The molecule has 0 heterocycles. The van der Waals surface area contributed by atoms with Crippen LogP contribution in [-0.2, 0) is 6.42 Å². The number of hydrogen-bond acceptors (Lipinski definition) is 0. The van der Waals surface area contributed by atoms with Gasteiger partial charge < -0.3 is 0 Å². The zero-order valence-electron chi connectivity index (χ0n) is 10.7. The third-order valence-electron chi connectivity index (χ3n) is 3.21. The van der Waals surface area contributed by atoms with E-state index in [1.807, 2.05) is 37.3 Å². The van der Waals surface area contributed by atoms with Gasteiger partial charge in [0, 0.05) is 16.3 Å². The summed E-state index contributed by atoms with van der Waals surface area (Å²) in [7, 11) is 0. The van der Waals surface area contributed by atoms with Crippen LogP contribution in [0, 0.1) is 12.7 Å². The molecule has 0 radical (unpaired) electrons. The highest BCUT2D eigenvalue weighted by atomic mass is 79.9. The minimum absolute atomic E-state index is 0.0846. The van der Waals surface area contributed by atoms with Crippen LogP contribution < -0.4 is 0 Å². The number of aryl methyl sites for hydroxylation is 1. The number of benzene rings is 2. The van der Waals surface area contributed by atoms with Crippen molar-refractivity contribution in [3.63, 3.8) is 0 Å². The maximum Gasteiger partial charge on any atom is 0.126 e. The van der Waals surface area contributed by atoms with E-state index in [1.165, 1.54) is 6.07 Å². The Morgan fingerprint density at radius 3 is 2.58 bits per heavy atom. The Kier molecular flexibility index (Phi) is 5.00. The van der Waals surface area contributed by atoms with Gasteiger partial charge in [0.15, 0.2) is 0 Å². The molecular weight excluding hydrogens is 327 g/mol. The molecule has 1 unspecified atom stereocenters. The monoisotopic (exact) mass is 340 g/mol. The Morgan fingerprint density at radius 2 is 1.95 bits per heavy atom. The van der Waals surface area contributed by atoms with Crippen molar-refractivity contribution < 1.29 is 4.39 Å². The third kappa shape index (κ3) is 3.58. The van der Waals surface area contributed by atoms with Gasteiger partial charge in [-0.25, -0.2) is 4.39 Å². The van der Waals surface area contributed by atoms with Gasteiger partial charge >= 0.3 is 0 Å². The first-order valence-corrected chi connectivity index (χ1v) is 7.67. The molecular formula is C16H15BrClF. The van der Waals surface area contributed by atoms with Crippen LogP contribution in [0.5, 0.6) is 0 Å². The lowest BCUT2D eigenvalue weighted by atomic mass is 9.93. The lowest BCUT2D eigenvalue weighted by Crippen LogP contribution is -2.07. The molecule has 0 saturated carbocycles. The second-order valence-electron chi connectivity index (χ2n) is 4.67. The van der Waals surface area contributed by atoms with Crippen molar-refractivity contribution in [1.82, 2.24) is 0 Å². The molecule has 0 fully saturated rings. The van der Waals surface area contributed by atoms with E-state index < -0.39 is 0 Å². The molecule has 2 aromatic rings. The molecule has 0 aliphatic carbocycles. The van der Waals surface area contributed by atoms with Gasteiger partial charge in [-0.2, -0.15) is 0 Å². The van der Waals surface area contributed by atoms with Gasteiger partial charge in [-0.1, -0.05) is 57.9 Å². The highest BCUT2D eigenvalue weighted by Gasteiger charge is 2.16. The first kappa shape index (κ1) is 14.5. The highest BCUT2D eigenvalue weighted by Crippen LogP contribution is 2.28. The van der Waals surface area contributed by atoms with Crippen LogP contribution in [0.25, 0.3) is 0 Å². The molecule has 0 aromatic heterocycles. The summed E-state index contributed by atoms with van der Waals surface area (Å²) in [6, 6.07) is 12.9. The lowest BCUT2D eigenvalue weighted by molar-refractivity contribution is 0.590. The molecule has 0 aliphatic heterocycles. The molecule has 0 saturated heterocycles. The molecule has 0 nitrogen and oxygen atoms in total.